The molecule has 0 unspecified atom stereocenters. The molecule has 4 N–H and O–H groups in total. The summed E-state index contributed by atoms with van der Waals surface area (Å²) in [5, 5.41) is 11.9. The number of nitrogens with two attached hydrogens (primary N) is 1. The van der Waals surface area contributed by atoms with Gasteiger partial charge in [-0.25, -0.2) is 8.78 Å². The normalized spacial score (nSPS) is 17.1. The highest BCUT2D eigenvalue weighted by Crippen LogP contribution is 2.37. The molecule has 110 valence electrons. The number of nitrogens with one attached hydrogen (secondary N) is 1. The third kappa shape index (κ3) is 2.75. The number of rotatable bonds is 4. The van der Waals surface area contributed by atoms with E-state index in [4.69, 9.17) is 5.73 Å². The Hall–Kier alpha value is -1.69. The molecule has 0 aliphatic heterocycles. The van der Waals surface area contributed by atoms with Crippen LogP contribution in [0, 0.1) is 17.0 Å². The third-order valence-electron chi connectivity index (χ3n) is 3.97. The first-order valence-corrected chi connectivity index (χ1v) is 6.62. The number of aliphatic hydroxyl groups excluding tert-OH is 1. The van der Waals surface area contributed by atoms with E-state index in [-0.39, 0.29) is 24.3 Å². The number of carbonyl (C=O) groups excluding carboxylic acids is 1. The molecule has 1 aliphatic carbocycles. The van der Waals surface area contributed by atoms with Gasteiger partial charge in [0.2, 0.25) is 0 Å². The van der Waals surface area contributed by atoms with Crippen LogP contribution in [-0.2, 0) is 0 Å². The number of halogens is 2. The fraction of sp³-hybridized carbons (Fsp3) is 0.500. The molecule has 0 spiro atoms. The highest BCUT2D eigenvalue weighted by molar-refractivity contribution is 5.95. The summed E-state index contributed by atoms with van der Waals surface area (Å²) in [5.74, 6) is -2.84. The van der Waals surface area contributed by atoms with E-state index in [0.717, 1.165) is 37.8 Å². The first-order valence-electron chi connectivity index (χ1n) is 6.62. The van der Waals surface area contributed by atoms with Crippen LogP contribution in [0.5, 0.6) is 0 Å². The smallest absolute Gasteiger partial charge is 0.257 e. The van der Waals surface area contributed by atoms with Crippen molar-refractivity contribution in [1.29, 1.82) is 0 Å². The lowest BCUT2D eigenvalue weighted by molar-refractivity contribution is 0.0873. The molecule has 0 bridgehead atoms. The van der Waals surface area contributed by atoms with Gasteiger partial charge in [-0.3, -0.25) is 4.79 Å². The second-order valence-electron chi connectivity index (χ2n) is 5.37. The van der Waals surface area contributed by atoms with Gasteiger partial charge >= 0.3 is 0 Å². The minimum absolute atomic E-state index is 0.0465. The quantitative estimate of drug-likeness (QED) is 0.738. The first-order chi connectivity index (χ1) is 9.49. The van der Waals surface area contributed by atoms with Crippen molar-refractivity contribution in [2.24, 2.45) is 5.41 Å². The maximum Gasteiger partial charge on any atom is 0.257 e. The number of hydrogen-bond donors (Lipinski definition) is 3. The van der Waals surface area contributed by atoms with Crippen LogP contribution in [0.15, 0.2) is 12.1 Å². The molecule has 6 heteroatoms. The Morgan fingerprint density at radius 1 is 1.35 bits per heavy atom. The molecule has 0 heterocycles. The van der Waals surface area contributed by atoms with Crippen molar-refractivity contribution in [3.8, 4) is 0 Å². The van der Waals surface area contributed by atoms with Crippen LogP contribution in [0.4, 0.5) is 14.5 Å². The van der Waals surface area contributed by atoms with Gasteiger partial charge in [-0.1, -0.05) is 12.8 Å². The fourth-order valence-corrected chi connectivity index (χ4v) is 2.65. The summed E-state index contributed by atoms with van der Waals surface area (Å²) in [7, 11) is 0. The van der Waals surface area contributed by atoms with Gasteiger partial charge in [-0.15, -0.1) is 0 Å². The maximum atomic E-state index is 13.7. The lowest BCUT2D eigenvalue weighted by Gasteiger charge is -2.26. The van der Waals surface area contributed by atoms with Crippen LogP contribution in [0.25, 0.3) is 0 Å². The molecule has 1 amide bonds. The molecule has 0 atom stereocenters. The number of anilines is 1. The number of hydrogen-bond acceptors (Lipinski definition) is 3. The van der Waals surface area contributed by atoms with Crippen LogP contribution in [0.3, 0.4) is 0 Å². The number of aliphatic hydroxyl groups is 1. The third-order valence-corrected chi connectivity index (χ3v) is 3.97. The molecule has 20 heavy (non-hydrogen) atoms. The summed E-state index contributed by atoms with van der Waals surface area (Å²) in [6.45, 7) is 0.158. The van der Waals surface area contributed by atoms with E-state index in [1.165, 1.54) is 0 Å². The summed E-state index contributed by atoms with van der Waals surface area (Å²) in [6.07, 6.45) is 3.56. The molecule has 1 aromatic carbocycles. The Morgan fingerprint density at radius 2 is 2.00 bits per heavy atom. The Bertz CT molecular complexity index is 514. The fourth-order valence-electron chi connectivity index (χ4n) is 2.65. The van der Waals surface area contributed by atoms with Crippen LogP contribution < -0.4 is 11.1 Å². The van der Waals surface area contributed by atoms with Gasteiger partial charge in [-0.2, -0.15) is 0 Å². The summed E-state index contributed by atoms with van der Waals surface area (Å²) in [4.78, 5) is 11.9. The van der Waals surface area contributed by atoms with E-state index in [0.29, 0.717) is 0 Å². The topological polar surface area (TPSA) is 75.4 Å². The number of benzene rings is 1. The monoisotopic (exact) mass is 284 g/mol. The average molecular weight is 284 g/mol. The van der Waals surface area contributed by atoms with Crippen molar-refractivity contribution in [3.05, 3.63) is 29.3 Å². The standard InChI is InChI=1S/C14H18F2N2O2/c15-9-3-4-10(17)12(16)11(9)13(20)18-7-14(8-19)5-1-2-6-14/h3-4,19H,1-2,5-8,17H2,(H,18,20). The molecule has 1 saturated carbocycles. The maximum absolute atomic E-state index is 13.7. The van der Waals surface area contributed by atoms with E-state index in [9.17, 15) is 18.7 Å². The lowest BCUT2D eigenvalue weighted by atomic mass is 9.87. The summed E-state index contributed by atoms with van der Waals surface area (Å²) >= 11 is 0. The summed E-state index contributed by atoms with van der Waals surface area (Å²) in [6, 6.07) is 2.04. The van der Waals surface area contributed by atoms with Gasteiger partial charge in [0.05, 0.1) is 12.3 Å². The van der Waals surface area contributed by atoms with E-state index in [1.807, 2.05) is 0 Å². The second-order valence-corrected chi connectivity index (χ2v) is 5.37. The molecule has 0 radical (unpaired) electrons. The molecule has 1 aliphatic rings. The van der Waals surface area contributed by atoms with Crippen LogP contribution in [0.2, 0.25) is 0 Å². The largest absolute Gasteiger partial charge is 0.396 e. The molecular formula is C14H18F2N2O2. The molecule has 1 aromatic rings. The Labute approximate surface area is 116 Å². The Balaban J connectivity index is 2.11. The van der Waals surface area contributed by atoms with Gasteiger partial charge in [0.25, 0.3) is 5.91 Å². The molecule has 2 rings (SSSR count). The predicted octanol–water partition coefficient (Wildman–Crippen LogP) is 1.83. The zero-order valence-electron chi connectivity index (χ0n) is 11.1. The SMILES string of the molecule is Nc1ccc(F)c(C(=O)NCC2(CO)CCCC2)c1F. The molecule has 0 saturated heterocycles. The van der Waals surface area contributed by atoms with E-state index in [2.05, 4.69) is 5.32 Å². The van der Waals surface area contributed by atoms with Crippen molar-refractivity contribution in [3.63, 3.8) is 0 Å². The van der Waals surface area contributed by atoms with Crippen LogP contribution >= 0.6 is 0 Å². The van der Waals surface area contributed by atoms with Gasteiger partial charge in [0.15, 0.2) is 5.82 Å². The van der Waals surface area contributed by atoms with E-state index < -0.39 is 23.1 Å². The van der Waals surface area contributed by atoms with Crippen molar-refractivity contribution >= 4 is 11.6 Å². The number of amides is 1. The minimum atomic E-state index is -1.05. The zero-order chi connectivity index (χ0) is 14.8. The summed E-state index contributed by atoms with van der Waals surface area (Å²) < 4.78 is 27.3. The van der Waals surface area contributed by atoms with Gasteiger partial charge in [-0.05, 0) is 25.0 Å². The molecule has 1 fully saturated rings. The average Bonchev–Trinajstić information content (AvgIpc) is 2.91. The second kappa shape index (κ2) is 5.75. The predicted molar refractivity (Wildman–Crippen MR) is 71.1 cm³/mol. The van der Waals surface area contributed by atoms with Crippen LogP contribution in [0.1, 0.15) is 36.0 Å². The van der Waals surface area contributed by atoms with Crippen molar-refractivity contribution in [1.82, 2.24) is 5.32 Å². The highest BCUT2D eigenvalue weighted by Gasteiger charge is 2.34. The van der Waals surface area contributed by atoms with Crippen LogP contribution in [-0.4, -0.2) is 24.2 Å². The van der Waals surface area contributed by atoms with Gasteiger partial charge in [0, 0.05) is 12.0 Å². The Kier molecular flexibility index (Phi) is 4.23. The van der Waals surface area contributed by atoms with Crippen molar-refractivity contribution < 1.29 is 18.7 Å². The first kappa shape index (κ1) is 14.7. The summed E-state index contributed by atoms with van der Waals surface area (Å²) in [5.41, 5.74) is 4.02. The molecular weight excluding hydrogens is 266 g/mol. The van der Waals surface area contributed by atoms with Crippen molar-refractivity contribution in [2.75, 3.05) is 18.9 Å². The lowest BCUT2D eigenvalue weighted by Crippen LogP contribution is -2.39. The minimum Gasteiger partial charge on any atom is -0.396 e. The number of nitrogen functional groups attached to an aromatic ring is 1. The molecule has 0 aromatic heterocycles. The van der Waals surface area contributed by atoms with E-state index in [1.54, 1.807) is 0 Å². The number of carbonyl (C=O) groups is 1. The van der Waals surface area contributed by atoms with Crippen molar-refractivity contribution in [2.45, 2.75) is 25.7 Å². The molecule has 4 nitrogen and oxygen atoms in total. The van der Waals surface area contributed by atoms with E-state index >= 15 is 0 Å². The van der Waals surface area contributed by atoms with Gasteiger partial charge in [0.1, 0.15) is 11.4 Å². The highest BCUT2D eigenvalue weighted by atomic mass is 19.1. The Morgan fingerprint density at radius 3 is 2.60 bits per heavy atom. The zero-order valence-corrected chi connectivity index (χ0v) is 11.1. The van der Waals surface area contributed by atoms with Gasteiger partial charge < -0.3 is 16.2 Å².